The van der Waals surface area contributed by atoms with Crippen LogP contribution in [0.25, 0.3) is 0 Å². The van der Waals surface area contributed by atoms with Crippen molar-refractivity contribution in [2.45, 2.75) is 32.7 Å². The number of aromatic nitrogens is 2. The van der Waals surface area contributed by atoms with Gasteiger partial charge in [0.2, 0.25) is 0 Å². The van der Waals surface area contributed by atoms with Crippen molar-refractivity contribution in [1.82, 2.24) is 15.2 Å². The maximum absolute atomic E-state index is 5.58. The van der Waals surface area contributed by atoms with Crippen LogP contribution in [-0.2, 0) is 7.05 Å². The van der Waals surface area contributed by atoms with Gasteiger partial charge in [-0.25, -0.2) is 0 Å². The van der Waals surface area contributed by atoms with Crippen molar-refractivity contribution in [1.29, 1.82) is 0 Å². The molecule has 0 aliphatic carbocycles. The summed E-state index contributed by atoms with van der Waals surface area (Å²) in [6, 6.07) is 0.161. The molecule has 1 atom stereocenters. The van der Waals surface area contributed by atoms with Crippen LogP contribution >= 0.6 is 15.9 Å². The minimum atomic E-state index is 0.161. The predicted molar refractivity (Wildman–Crippen MR) is 65.0 cm³/mol. The number of hydrogen-bond acceptors (Lipinski definition) is 3. The van der Waals surface area contributed by atoms with E-state index in [2.05, 4.69) is 40.3 Å². The zero-order chi connectivity index (χ0) is 11.4. The molecule has 1 heterocycles. The summed E-state index contributed by atoms with van der Waals surface area (Å²) in [5.41, 5.74) is 3.96. The van der Waals surface area contributed by atoms with E-state index in [-0.39, 0.29) is 6.04 Å². The zero-order valence-corrected chi connectivity index (χ0v) is 11.1. The first-order valence-electron chi connectivity index (χ1n) is 5.19. The molecule has 0 aromatic carbocycles. The van der Waals surface area contributed by atoms with Crippen molar-refractivity contribution in [2.75, 3.05) is 0 Å². The van der Waals surface area contributed by atoms with Crippen LogP contribution in [-0.4, -0.2) is 9.78 Å². The van der Waals surface area contributed by atoms with Crippen molar-refractivity contribution in [3.63, 3.8) is 0 Å². The fourth-order valence-electron chi connectivity index (χ4n) is 1.61. The normalized spacial score (nSPS) is 13.5. The van der Waals surface area contributed by atoms with Gasteiger partial charge in [0.1, 0.15) is 0 Å². The third-order valence-electron chi connectivity index (χ3n) is 2.50. The largest absolute Gasteiger partial charge is 0.271 e. The summed E-state index contributed by atoms with van der Waals surface area (Å²) in [7, 11) is 1.93. The molecule has 0 amide bonds. The summed E-state index contributed by atoms with van der Waals surface area (Å²) in [6.07, 6.45) is 3.97. The average molecular weight is 275 g/mol. The van der Waals surface area contributed by atoms with Crippen LogP contribution in [0.1, 0.15) is 38.4 Å². The van der Waals surface area contributed by atoms with Crippen LogP contribution in [0.5, 0.6) is 0 Å². The second-order valence-corrected chi connectivity index (χ2v) is 5.05. The highest BCUT2D eigenvalue weighted by Gasteiger charge is 2.17. The summed E-state index contributed by atoms with van der Waals surface area (Å²) >= 11 is 3.49. The van der Waals surface area contributed by atoms with Gasteiger partial charge >= 0.3 is 0 Å². The molecule has 0 fully saturated rings. The van der Waals surface area contributed by atoms with Crippen LogP contribution in [0, 0.1) is 5.92 Å². The number of halogens is 1. The molecule has 4 nitrogen and oxygen atoms in total. The molecule has 0 saturated heterocycles. The number of hydrazine groups is 1. The van der Waals surface area contributed by atoms with Crippen molar-refractivity contribution >= 4 is 15.9 Å². The number of rotatable bonds is 5. The molecule has 1 aromatic heterocycles. The Kier molecular flexibility index (Phi) is 4.76. The first-order valence-corrected chi connectivity index (χ1v) is 5.99. The van der Waals surface area contributed by atoms with Gasteiger partial charge in [0.15, 0.2) is 0 Å². The first-order chi connectivity index (χ1) is 7.06. The maximum atomic E-state index is 5.58. The Morgan fingerprint density at radius 2 is 2.20 bits per heavy atom. The van der Waals surface area contributed by atoms with E-state index in [0.29, 0.717) is 5.92 Å². The quantitative estimate of drug-likeness (QED) is 0.639. The predicted octanol–water partition coefficient (Wildman–Crippen LogP) is 2.12. The second-order valence-electron chi connectivity index (χ2n) is 4.19. The Morgan fingerprint density at radius 1 is 1.53 bits per heavy atom. The van der Waals surface area contributed by atoms with Crippen molar-refractivity contribution in [3.8, 4) is 0 Å². The molecule has 1 rings (SSSR count). The highest BCUT2D eigenvalue weighted by Crippen LogP contribution is 2.26. The molecule has 0 radical (unpaired) electrons. The Hall–Kier alpha value is -0.390. The molecular formula is C10H19BrN4. The molecule has 0 bridgehead atoms. The molecular weight excluding hydrogens is 256 g/mol. The summed E-state index contributed by atoms with van der Waals surface area (Å²) in [5, 5.41) is 4.19. The van der Waals surface area contributed by atoms with Crippen LogP contribution in [0.4, 0.5) is 0 Å². The van der Waals surface area contributed by atoms with Crippen LogP contribution < -0.4 is 11.3 Å². The van der Waals surface area contributed by atoms with E-state index >= 15 is 0 Å². The van der Waals surface area contributed by atoms with E-state index in [9.17, 15) is 0 Å². The van der Waals surface area contributed by atoms with Gasteiger partial charge in [0.05, 0.1) is 22.4 Å². The zero-order valence-electron chi connectivity index (χ0n) is 9.50. The van der Waals surface area contributed by atoms with Gasteiger partial charge in [-0.15, -0.1) is 0 Å². The van der Waals surface area contributed by atoms with Gasteiger partial charge in [0, 0.05) is 7.05 Å². The lowest BCUT2D eigenvalue weighted by molar-refractivity contribution is 0.427. The van der Waals surface area contributed by atoms with Crippen LogP contribution in [0.2, 0.25) is 0 Å². The van der Waals surface area contributed by atoms with Gasteiger partial charge in [-0.2, -0.15) is 5.10 Å². The van der Waals surface area contributed by atoms with Crippen molar-refractivity contribution < 1.29 is 0 Å². The van der Waals surface area contributed by atoms with Crippen molar-refractivity contribution in [3.05, 3.63) is 16.4 Å². The molecule has 0 aliphatic rings. The van der Waals surface area contributed by atoms with Crippen LogP contribution in [0.3, 0.4) is 0 Å². The summed E-state index contributed by atoms with van der Waals surface area (Å²) in [5.74, 6) is 6.26. The molecule has 86 valence electrons. The van der Waals surface area contributed by atoms with Crippen LogP contribution in [0.15, 0.2) is 10.7 Å². The summed E-state index contributed by atoms with van der Waals surface area (Å²) < 4.78 is 2.87. The molecule has 0 saturated carbocycles. The molecule has 5 heteroatoms. The van der Waals surface area contributed by atoms with E-state index in [1.54, 1.807) is 6.20 Å². The number of nitrogens with one attached hydrogen (secondary N) is 1. The van der Waals surface area contributed by atoms with Gasteiger partial charge in [0.25, 0.3) is 0 Å². The molecule has 15 heavy (non-hydrogen) atoms. The Morgan fingerprint density at radius 3 is 2.60 bits per heavy atom. The van der Waals surface area contributed by atoms with E-state index < -0.39 is 0 Å². The van der Waals surface area contributed by atoms with E-state index in [0.717, 1.165) is 23.0 Å². The first kappa shape index (κ1) is 12.7. The van der Waals surface area contributed by atoms with Gasteiger partial charge in [-0.1, -0.05) is 13.8 Å². The number of nitrogens with zero attached hydrogens (tertiary/aromatic N) is 2. The molecule has 1 aromatic rings. The number of nitrogens with two attached hydrogens (primary N) is 1. The van der Waals surface area contributed by atoms with Crippen molar-refractivity contribution in [2.24, 2.45) is 18.8 Å². The van der Waals surface area contributed by atoms with Gasteiger partial charge < -0.3 is 0 Å². The standard InChI is InChI=1S/C10H19BrN4/c1-7(2)4-5-9(14-12)10-8(11)6-13-15(10)3/h6-7,9,14H,4-5,12H2,1-3H3. The minimum Gasteiger partial charge on any atom is -0.271 e. The van der Waals surface area contributed by atoms with Gasteiger partial charge in [-0.3, -0.25) is 16.0 Å². The van der Waals surface area contributed by atoms with E-state index in [1.807, 2.05) is 11.7 Å². The lowest BCUT2D eigenvalue weighted by Gasteiger charge is -2.17. The molecule has 3 N–H and O–H groups in total. The molecule has 0 spiro atoms. The fraction of sp³-hybridized carbons (Fsp3) is 0.700. The Balaban J connectivity index is 2.74. The second kappa shape index (κ2) is 5.63. The van der Waals surface area contributed by atoms with Gasteiger partial charge in [-0.05, 0) is 34.7 Å². The lowest BCUT2D eigenvalue weighted by Crippen LogP contribution is -2.30. The third kappa shape index (κ3) is 3.29. The average Bonchev–Trinajstić information content (AvgIpc) is 2.49. The van der Waals surface area contributed by atoms with E-state index in [1.165, 1.54) is 0 Å². The lowest BCUT2D eigenvalue weighted by atomic mass is 10.0. The van der Waals surface area contributed by atoms with E-state index in [4.69, 9.17) is 5.84 Å². The highest BCUT2D eigenvalue weighted by molar-refractivity contribution is 9.10. The minimum absolute atomic E-state index is 0.161. The maximum Gasteiger partial charge on any atom is 0.0705 e. The Labute approximate surface area is 99.3 Å². The number of hydrogen-bond donors (Lipinski definition) is 2. The summed E-state index contributed by atoms with van der Waals surface area (Å²) in [6.45, 7) is 4.43. The molecule has 1 unspecified atom stereocenters. The smallest absolute Gasteiger partial charge is 0.0705 e. The SMILES string of the molecule is CC(C)CCC(NN)c1c(Br)cnn1C. The topological polar surface area (TPSA) is 55.9 Å². The highest BCUT2D eigenvalue weighted by atomic mass is 79.9. The summed E-state index contributed by atoms with van der Waals surface area (Å²) in [4.78, 5) is 0. The Bertz CT molecular complexity index is 289. The molecule has 0 aliphatic heterocycles. The number of aryl methyl sites for hydroxylation is 1. The third-order valence-corrected chi connectivity index (χ3v) is 3.11. The monoisotopic (exact) mass is 274 g/mol. The fourth-order valence-corrected chi connectivity index (χ4v) is 2.24.